The molecule has 0 aliphatic carbocycles. The van der Waals surface area contributed by atoms with Crippen molar-refractivity contribution >= 4 is 11.7 Å². The van der Waals surface area contributed by atoms with Gasteiger partial charge in [0.05, 0.1) is 5.69 Å². The van der Waals surface area contributed by atoms with Crippen molar-refractivity contribution in [3.63, 3.8) is 0 Å². The molecule has 0 atom stereocenters. The van der Waals surface area contributed by atoms with Gasteiger partial charge in [0.1, 0.15) is 0 Å². The van der Waals surface area contributed by atoms with Crippen LogP contribution >= 0.6 is 0 Å². The lowest BCUT2D eigenvalue weighted by atomic mass is 10.0. The Morgan fingerprint density at radius 1 is 1.29 bits per heavy atom. The van der Waals surface area contributed by atoms with E-state index in [1.165, 1.54) is 31.5 Å². The highest BCUT2D eigenvalue weighted by Crippen LogP contribution is 2.24. The molecule has 1 saturated heterocycles. The minimum atomic E-state index is 0.0380. The van der Waals surface area contributed by atoms with Crippen molar-refractivity contribution in [1.29, 1.82) is 0 Å². The minimum Gasteiger partial charge on any atom is -0.309 e. The van der Waals surface area contributed by atoms with Crippen LogP contribution in [0.2, 0.25) is 0 Å². The van der Waals surface area contributed by atoms with Gasteiger partial charge >= 0.3 is 0 Å². The summed E-state index contributed by atoms with van der Waals surface area (Å²) in [7, 11) is 0. The van der Waals surface area contributed by atoms with E-state index < -0.39 is 0 Å². The molecular weight excluding hydrogens is 300 g/mol. The standard InChI is InChI=1S/C19H26N4O/c1-2-15-8-3-4-9-16(15)17-14-18(22-21-17)20-19(24)10-7-13-23-11-5-6-12-23/h3-4,8-9,14H,2,5-7,10-13H2,1H3,(H2,20,21,22,24). The molecular formula is C19H26N4O. The maximum absolute atomic E-state index is 12.1. The number of likely N-dealkylation sites (tertiary alicyclic amines) is 1. The highest BCUT2D eigenvalue weighted by Gasteiger charge is 2.13. The Morgan fingerprint density at radius 2 is 2.08 bits per heavy atom. The van der Waals surface area contributed by atoms with Crippen molar-refractivity contribution in [2.24, 2.45) is 0 Å². The number of hydrogen-bond donors (Lipinski definition) is 2. The number of aryl methyl sites for hydroxylation is 1. The predicted octanol–water partition coefficient (Wildman–Crippen LogP) is 3.45. The average Bonchev–Trinajstić information content (AvgIpc) is 3.27. The van der Waals surface area contributed by atoms with Gasteiger partial charge in [0, 0.05) is 18.1 Å². The second kappa shape index (κ2) is 8.11. The third-order valence-electron chi connectivity index (χ3n) is 4.61. The van der Waals surface area contributed by atoms with Crippen LogP contribution in [0, 0.1) is 0 Å². The van der Waals surface area contributed by atoms with Gasteiger partial charge in [-0.2, -0.15) is 5.10 Å². The molecule has 1 aliphatic rings. The Bertz CT molecular complexity index is 674. The second-order valence-electron chi connectivity index (χ2n) is 6.38. The molecule has 5 heteroatoms. The summed E-state index contributed by atoms with van der Waals surface area (Å²) in [5.41, 5.74) is 3.35. The quantitative estimate of drug-likeness (QED) is 0.819. The molecule has 0 spiro atoms. The maximum atomic E-state index is 12.1. The van der Waals surface area contributed by atoms with Crippen molar-refractivity contribution in [1.82, 2.24) is 15.1 Å². The summed E-state index contributed by atoms with van der Waals surface area (Å²) in [6.45, 7) is 5.52. The highest BCUT2D eigenvalue weighted by molar-refractivity contribution is 5.90. The van der Waals surface area contributed by atoms with Crippen molar-refractivity contribution in [3.05, 3.63) is 35.9 Å². The number of carbonyl (C=O) groups excluding carboxylic acids is 1. The van der Waals surface area contributed by atoms with E-state index in [9.17, 15) is 4.79 Å². The largest absolute Gasteiger partial charge is 0.309 e. The van der Waals surface area contributed by atoms with Crippen molar-refractivity contribution in [3.8, 4) is 11.3 Å². The van der Waals surface area contributed by atoms with Gasteiger partial charge in [-0.25, -0.2) is 0 Å². The summed E-state index contributed by atoms with van der Waals surface area (Å²) < 4.78 is 0. The number of anilines is 1. The normalized spacial score (nSPS) is 14.9. The first-order valence-corrected chi connectivity index (χ1v) is 8.92. The Kier molecular flexibility index (Phi) is 5.64. The molecule has 128 valence electrons. The fourth-order valence-corrected chi connectivity index (χ4v) is 3.29. The van der Waals surface area contributed by atoms with Crippen LogP contribution in [0.15, 0.2) is 30.3 Å². The molecule has 1 fully saturated rings. The van der Waals surface area contributed by atoms with Gasteiger partial charge in [-0.15, -0.1) is 0 Å². The summed E-state index contributed by atoms with van der Waals surface area (Å²) in [6, 6.07) is 10.2. The Balaban J connectivity index is 1.52. The topological polar surface area (TPSA) is 61.0 Å². The van der Waals surface area contributed by atoms with E-state index in [-0.39, 0.29) is 5.91 Å². The fraction of sp³-hybridized carbons (Fsp3) is 0.474. The number of rotatable bonds is 7. The van der Waals surface area contributed by atoms with Crippen molar-refractivity contribution < 1.29 is 4.79 Å². The van der Waals surface area contributed by atoms with Gasteiger partial charge in [-0.05, 0) is 50.9 Å². The molecule has 2 heterocycles. The second-order valence-corrected chi connectivity index (χ2v) is 6.38. The lowest BCUT2D eigenvalue weighted by Gasteiger charge is -2.13. The summed E-state index contributed by atoms with van der Waals surface area (Å²) in [4.78, 5) is 14.5. The summed E-state index contributed by atoms with van der Waals surface area (Å²) in [6.07, 6.45) is 5.00. The van der Waals surface area contributed by atoms with Crippen molar-refractivity contribution in [2.75, 3.05) is 25.0 Å². The fourth-order valence-electron chi connectivity index (χ4n) is 3.29. The van der Waals surface area contributed by atoms with Gasteiger partial charge in [-0.1, -0.05) is 31.2 Å². The van der Waals surface area contributed by atoms with Crippen LogP contribution in [0.1, 0.15) is 38.2 Å². The minimum absolute atomic E-state index is 0.0380. The van der Waals surface area contributed by atoms with Gasteiger partial charge in [0.15, 0.2) is 5.82 Å². The molecule has 0 unspecified atom stereocenters. The smallest absolute Gasteiger partial charge is 0.225 e. The Labute approximate surface area is 143 Å². The van der Waals surface area contributed by atoms with Crippen LogP contribution in [-0.4, -0.2) is 40.6 Å². The first kappa shape index (κ1) is 16.7. The molecule has 0 saturated carbocycles. The van der Waals surface area contributed by atoms with Gasteiger partial charge in [0.2, 0.25) is 5.91 Å². The van der Waals surface area contributed by atoms with Crippen LogP contribution < -0.4 is 5.32 Å². The monoisotopic (exact) mass is 326 g/mol. The number of hydrogen-bond acceptors (Lipinski definition) is 3. The number of aromatic amines is 1. The maximum Gasteiger partial charge on any atom is 0.225 e. The molecule has 5 nitrogen and oxygen atoms in total. The van der Waals surface area contributed by atoms with E-state index in [1.54, 1.807) is 0 Å². The molecule has 3 rings (SSSR count). The van der Waals surface area contributed by atoms with E-state index in [2.05, 4.69) is 39.5 Å². The zero-order valence-corrected chi connectivity index (χ0v) is 14.3. The number of amides is 1. The Morgan fingerprint density at radius 3 is 2.88 bits per heavy atom. The molecule has 0 bridgehead atoms. The molecule has 2 aromatic rings. The van der Waals surface area contributed by atoms with Crippen LogP contribution in [0.5, 0.6) is 0 Å². The third-order valence-corrected chi connectivity index (χ3v) is 4.61. The molecule has 1 aromatic heterocycles. The SMILES string of the molecule is CCc1ccccc1-c1cc(NC(=O)CCCN2CCCC2)n[nH]1. The number of nitrogens with zero attached hydrogens (tertiary/aromatic N) is 2. The third kappa shape index (κ3) is 4.23. The summed E-state index contributed by atoms with van der Waals surface area (Å²) >= 11 is 0. The zero-order chi connectivity index (χ0) is 16.8. The van der Waals surface area contributed by atoms with E-state index >= 15 is 0 Å². The molecule has 2 N–H and O–H groups in total. The van der Waals surface area contributed by atoms with Crippen LogP contribution in [0.4, 0.5) is 5.82 Å². The number of carbonyl (C=O) groups is 1. The van der Waals surface area contributed by atoms with E-state index in [0.717, 1.165) is 30.6 Å². The number of nitrogens with one attached hydrogen (secondary N) is 2. The van der Waals surface area contributed by atoms with Crippen LogP contribution in [0.25, 0.3) is 11.3 Å². The van der Waals surface area contributed by atoms with Crippen LogP contribution in [-0.2, 0) is 11.2 Å². The first-order chi connectivity index (χ1) is 11.8. The summed E-state index contributed by atoms with van der Waals surface area (Å²) in [5.74, 6) is 0.637. The first-order valence-electron chi connectivity index (χ1n) is 8.92. The van der Waals surface area contributed by atoms with Gasteiger partial charge in [-0.3, -0.25) is 9.89 Å². The average molecular weight is 326 g/mol. The van der Waals surface area contributed by atoms with Crippen molar-refractivity contribution in [2.45, 2.75) is 39.0 Å². The highest BCUT2D eigenvalue weighted by atomic mass is 16.1. The number of H-pyrrole nitrogens is 1. The van der Waals surface area contributed by atoms with E-state index in [0.29, 0.717) is 12.2 Å². The lowest BCUT2D eigenvalue weighted by molar-refractivity contribution is -0.116. The predicted molar refractivity (Wildman–Crippen MR) is 96.9 cm³/mol. The molecule has 24 heavy (non-hydrogen) atoms. The lowest BCUT2D eigenvalue weighted by Crippen LogP contribution is -2.22. The summed E-state index contributed by atoms with van der Waals surface area (Å²) in [5, 5.41) is 10.2. The van der Waals surface area contributed by atoms with Gasteiger partial charge < -0.3 is 10.2 Å². The molecule has 0 radical (unpaired) electrons. The van der Waals surface area contributed by atoms with E-state index in [1.807, 2.05) is 18.2 Å². The molecule has 1 amide bonds. The van der Waals surface area contributed by atoms with Crippen LogP contribution in [0.3, 0.4) is 0 Å². The number of aromatic nitrogens is 2. The number of benzene rings is 1. The van der Waals surface area contributed by atoms with Gasteiger partial charge in [0.25, 0.3) is 0 Å². The molecule has 1 aliphatic heterocycles. The molecule has 1 aromatic carbocycles. The Hall–Kier alpha value is -2.14. The zero-order valence-electron chi connectivity index (χ0n) is 14.3. The van der Waals surface area contributed by atoms with E-state index in [4.69, 9.17) is 0 Å².